The number of thiocarbonyl (C=S) groups is 1. The molecule has 2 rings (SSSR count). The average Bonchev–Trinajstić information content (AvgIpc) is 2.44. The molecule has 0 spiro atoms. The van der Waals surface area contributed by atoms with Gasteiger partial charge < -0.3 is 15.8 Å². The fourth-order valence-electron chi connectivity index (χ4n) is 1.67. The minimum Gasteiger partial charge on any atom is -0.497 e. The average molecular weight is 294 g/mol. The van der Waals surface area contributed by atoms with Crippen molar-refractivity contribution in [3.05, 3.63) is 53.6 Å². The van der Waals surface area contributed by atoms with Crippen LogP contribution in [0.15, 0.2) is 36.4 Å². The maximum Gasteiger partial charge on any atom is 0.182 e. The maximum atomic E-state index is 13.9. The fourth-order valence-corrected chi connectivity index (χ4v) is 1.82. The predicted octanol–water partition coefficient (Wildman–Crippen LogP) is 3.35. The Bertz CT molecular complexity index is 644. The van der Waals surface area contributed by atoms with Crippen LogP contribution in [0.5, 0.6) is 5.75 Å². The first-order valence-corrected chi connectivity index (χ1v) is 6.12. The Balaban J connectivity index is 2.29. The normalized spacial score (nSPS) is 10.2. The van der Waals surface area contributed by atoms with Gasteiger partial charge in [0.2, 0.25) is 0 Å². The van der Waals surface area contributed by atoms with E-state index in [4.69, 9.17) is 10.5 Å². The lowest BCUT2D eigenvalue weighted by Crippen LogP contribution is -2.13. The van der Waals surface area contributed by atoms with Gasteiger partial charge in [-0.25, -0.2) is 8.78 Å². The molecular formula is C14H12F2N2OS. The fraction of sp³-hybridized carbons (Fsp3) is 0.0714. The summed E-state index contributed by atoms with van der Waals surface area (Å²) in [6, 6.07) is 9.53. The maximum absolute atomic E-state index is 13.9. The monoisotopic (exact) mass is 294 g/mol. The molecule has 6 heteroatoms. The van der Waals surface area contributed by atoms with Crippen LogP contribution in [-0.4, -0.2) is 12.1 Å². The molecule has 0 bridgehead atoms. The van der Waals surface area contributed by atoms with Crippen molar-refractivity contribution in [3.63, 3.8) is 0 Å². The molecule has 3 nitrogen and oxygen atoms in total. The molecule has 0 heterocycles. The van der Waals surface area contributed by atoms with Gasteiger partial charge in [-0.2, -0.15) is 0 Å². The third kappa shape index (κ3) is 2.85. The summed E-state index contributed by atoms with van der Waals surface area (Å²) in [6.07, 6.45) is 0. The van der Waals surface area contributed by atoms with Crippen molar-refractivity contribution in [1.82, 2.24) is 0 Å². The summed E-state index contributed by atoms with van der Waals surface area (Å²) in [6.45, 7) is 0. The topological polar surface area (TPSA) is 47.3 Å². The van der Waals surface area contributed by atoms with Crippen molar-refractivity contribution in [2.75, 3.05) is 12.4 Å². The lowest BCUT2D eigenvalue weighted by Gasteiger charge is -2.10. The number of hydrogen-bond donors (Lipinski definition) is 2. The molecule has 0 aromatic heterocycles. The summed E-state index contributed by atoms with van der Waals surface area (Å²) < 4.78 is 32.6. The van der Waals surface area contributed by atoms with Gasteiger partial charge in [-0.1, -0.05) is 12.2 Å². The van der Waals surface area contributed by atoms with E-state index in [2.05, 4.69) is 17.5 Å². The van der Waals surface area contributed by atoms with Crippen LogP contribution in [-0.2, 0) is 0 Å². The predicted molar refractivity (Wildman–Crippen MR) is 78.5 cm³/mol. The van der Waals surface area contributed by atoms with Crippen LogP contribution in [0.2, 0.25) is 0 Å². The molecule has 0 aliphatic heterocycles. The summed E-state index contributed by atoms with van der Waals surface area (Å²) in [5.74, 6) is -1.41. The van der Waals surface area contributed by atoms with Crippen molar-refractivity contribution in [2.45, 2.75) is 0 Å². The van der Waals surface area contributed by atoms with Gasteiger partial charge in [0.05, 0.1) is 12.8 Å². The van der Waals surface area contributed by atoms with Crippen LogP contribution in [0.25, 0.3) is 0 Å². The summed E-state index contributed by atoms with van der Waals surface area (Å²) in [5.41, 5.74) is 5.81. The summed E-state index contributed by atoms with van der Waals surface area (Å²) >= 11 is 4.65. The number of nitrogens with two attached hydrogens (primary N) is 1. The molecule has 0 saturated heterocycles. The highest BCUT2D eigenvalue weighted by Crippen LogP contribution is 2.25. The van der Waals surface area contributed by atoms with Crippen LogP contribution in [0.3, 0.4) is 0 Å². The molecule has 2 aromatic rings. The highest BCUT2D eigenvalue weighted by atomic mass is 32.1. The van der Waals surface area contributed by atoms with E-state index in [1.54, 1.807) is 31.4 Å². The van der Waals surface area contributed by atoms with Gasteiger partial charge in [-0.15, -0.1) is 0 Å². The van der Waals surface area contributed by atoms with Crippen LogP contribution in [0, 0.1) is 11.6 Å². The zero-order valence-electron chi connectivity index (χ0n) is 10.6. The highest BCUT2D eigenvalue weighted by molar-refractivity contribution is 7.80. The first kappa shape index (κ1) is 14.2. The lowest BCUT2D eigenvalue weighted by atomic mass is 10.1. The standard InChI is InChI=1S/C14H12F2N2OS/c1-19-9-4-2-8(3-5-9)18-11-7-6-10(14(17)20)12(15)13(11)16/h2-7,18H,1H3,(H2,17,20). The lowest BCUT2D eigenvalue weighted by molar-refractivity contribution is 0.415. The van der Waals surface area contributed by atoms with E-state index in [0.29, 0.717) is 11.4 Å². The molecule has 104 valence electrons. The number of anilines is 2. The second-order valence-electron chi connectivity index (χ2n) is 4.01. The molecule has 0 aliphatic carbocycles. The van der Waals surface area contributed by atoms with Gasteiger partial charge in [0.1, 0.15) is 10.7 Å². The Kier molecular flexibility index (Phi) is 4.14. The first-order chi connectivity index (χ1) is 9.52. The first-order valence-electron chi connectivity index (χ1n) is 5.72. The SMILES string of the molecule is COc1ccc(Nc2ccc(C(N)=S)c(F)c2F)cc1. The van der Waals surface area contributed by atoms with Gasteiger partial charge in [-0.05, 0) is 36.4 Å². The number of benzene rings is 2. The van der Waals surface area contributed by atoms with Crippen molar-refractivity contribution in [3.8, 4) is 5.75 Å². The van der Waals surface area contributed by atoms with Crippen LogP contribution in [0.1, 0.15) is 5.56 Å². The van der Waals surface area contributed by atoms with E-state index in [0.717, 1.165) is 0 Å². The Hall–Kier alpha value is -2.21. The molecule has 3 N–H and O–H groups in total. The Labute approximate surface area is 120 Å². The van der Waals surface area contributed by atoms with Gasteiger partial charge in [0, 0.05) is 11.3 Å². The molecule has 20 heavy (non-hydrogen) atoms. The van der Waals surface area contributed by atoms with Gasteiger partial charge >= 0.3 is 0 Å². The smallest absolute Gasteiger partial charge is 0.182 e. The molecule has 0 aliphatic rings. The van der Waals surface area contributed by atoms with E-state index >= 15 is 0 Å². The molecule has 2 aromatic carbocycles. The van der Waals surface area contributed by atoms with Crippen LogP contribution < -0.4 is 15.8 Å². The zero-order chi connectivity index (χ0) is 14.7. The highest BCUT2D eigenvalue weighted by Gasteiger charge is 2.15. The minimum absolute atomic E-state index is 0.00710. The molecule has 0 fully saturated rings. The molecule has 0 unspecified atom stereocenters. The van der Waals surface area contributed by atoms with Crippen molar-refractivity contribution in [1.29, 1.82) is 0 Å². The van der Waals surface area contributed by atoms with Crippen LogP contribution in [0.4, 0.5) is 20.2 Å². The van der Waals surface area contributed by atoms with Crippen molar-refractivity contribution in [2.24, 2.45) is 5.73 Å². The minimum atomic E-state index is -1.06. The van der Waals surface area contributed by atoms with Crippen molar-refractivity contribution < 1.29 is 13.5 Å². The van der Waals surface area contributed by atoms with E-state index in [1.165, 1.54) is 12.1 Å². The third-order valence-corrected chi connectivity index (χ3v) is 2.94. The second-order valence-corrected chi connectivity index (χ2v) is 4.45. The van der Waals surface area contributed by atoms with Crippen molar-refractivity contribution >= 4 is 28.6 Å². The molecule has 0 amide bonds. The van der Waals surface area contributed by atoms with Crippen LogP contribution >= 0.6 is 12.2 Å². The van der Waals surface area contributed by atoms with E-state index < -0.39 is 11.6 Å². The largest absolute Gasteiger partial charge is 0.497 e. The summed E-state index contributed by atoms with van der Waals surface area (Å²) in [5, 5.41) is 2.78. The van der Waals surface area contributed by atoms with E-state index in [1.807, 2.05) is 0 Å². The van der Waals surface area contributed by atoms with Gasteiger partial charge in [-0.3, -0.25) is 0 Å². The Morgan fingerprint density at radius 1 is 1.10 bits per heavy atom. The molecular weight excluding hydrogens is 282 g/mol. The third-order valence-electron chi connectivity index (χ3n) is 2.72. The quantitative estimate of drug-likeness (QED) is 0.849. The zero-order valence-corrected chi connectivity index (χ0v) is 11.4. The number of halogens is 2. The summed E-state index contributed by atoms with van der Waals surface area (Å²) in [7, 11) is 1.55. The number of ether oxygens (including phenoxy) is 1. The molecule has 0 atom stereocenters. The molecule has 0 radical (unpaired) electrons. The van der Waals surface area contributed by atoms with E-state index in [9.17, 15) is 8.78 Å². The Morgan fingerprint density at radius 3 is 2.30 bits per heavy atom. The number of rotatable bonds is 4. The number of nitrogens with one attached hydrogen (secondary N) is 1. The number of hydrogen-bond acceptors (Lipinski definition) is 3. The van der Waals surface area contributed by atoms with E-state index in [-0.39, 0.29) is 16.2 Å². The van der Waals surface area contributed by atoms with Gasteiger partial charge in [0.25, 0.3) is 0 Å². The summed E-state index contributed by atoms with van der Waals surface area (Å²) in [4.78, 5) is -0.183. The molecule has 0 saturated carbocycles. The second kappa shape index (κ2) is 5.83. The Morgan fingerprint density at radius 2 is 1.75 bits per heavy atom. The van der Waals surface area contributed by atoms with Gasteiger partial charge in [0.15, 0.2) is 11.6 Å². The number of methoxy groups -OCH3 is 1.